The van der Waals surface area contributed by atoms with Crippen LogP contribution in [0.2, 0.25) is 0 Å². The van der Waals surface area contributed by atoms with Crippen LogP contribution in [0.15, 0.2) is 60.7 Å². The molecule has 0 bridgehead atoms. The Balaban J connectivity index is 2.34. The normalized spacial score (nSPS) is 10.5. The third-order valence-corrected chi connectivity index (χ3v) is 2.83. The molecule has 0 aliphatic rings. The van der Waals surface area contributed by atoms with E-state index in [1.54, 1.807) is 0 Å². The average Bonchev–Trinajstić information content (AvgIpc) is 2.33. The fourth-order valence-electron chi connectivity index (χ4n) is 1.61. The van der Waals surface area contributed by atoms with E-state index < -0.39 is 0 Å². The Morgan fingerprint density at radius 2 is 1.13 bits per heavy atom. The fourth-order valence-corrected chi connectivity index (χ4v) is 2.14. The highest BCUT2D eigenvalue weighted by atomic mass is 79.9. The molecule has 0 radical (unpaired) electrons. The van der Waals surface area contributed by atoms with Crippen LogP contribution in [0.3, 0.4) is 0 Å². The molecule has 1 nitrogen and oxygen atoms in total. The number of benzene rings is 2. The lowest BCUT2D eigenvalue weighted by molar-refractivity contribution is 0.816. The largest absolute Gasteiger partial charge is 0.244 e. The standard InChI is InChI=1S/C13H12BrN/c14-15-13(11-7-3-1-4-8-11)12-9-5-2-6-10-12/h1-10,13,15H. The predicted octanol–water partition coefficient (Wildman–Crippen LogP) is 3.68. The van der Waals surface area contributed by atoms with Crippen LogP contribution in [0.5, 0.6) is 0 Å². The second kappa shape index (κ2) is 5.10. The topological polar surface area (TPSA) is 12.0 Å². The Hall–Kier alpha value is -1.12. The van der Waals surface area contributed by atoms with Gasteiger partial charge in [-0.25, -0.2) is 4.34 Å². The molecule has 0 aliphatic carbocycles. The Bertz CT molecular complexity index is 360. The zero-order valence-electron chi connectivity index (χ0n) is 8.23. The highest BCUT2D eigenvalue weighted by Gasteiger charge is 2.10. The molecule has 0 aromatic heterocycles. The van der Waals surface area contributed by atoms with Gasteiger partial charge in [0.2, 0.25) is 0 Å². The SMILES string of the molecule is BrNC(c1ccccc1)c1ccccc1. The van der Waals surface area contributed by atoms with Crippen molar-refractivity contribution in [3.8, 4) is 0 Å². The predicted molar refractivity (Wildman–Crippen MR) is 66.8 cm³/mol. The summed E-state index contributed by atoms with van der Waals surface area (Å²) in [7, 11) is 0. The Labute approximate surface area is 98.5 Å². The number of halogens is 1. The van der Waals surface area contributed by atoms with Crippen molar-refractivity contribution < 1.29 is 0 Å². The van der Waals surface area contributed by atoms with E-state index in [2.05, 4.69) is 69.0 Å². The van der Waals surface area contributed by atoms with Gasteiger partial charge in [0.15, 0.2) is 0 Å². The van der Waals surface area contributed by atoms with Crippen molar-refractivity contribution in [3.05, 3.63) is 71.8 Å². The quantitative estimate of drug-likeness (QED) is 0.832. The van der Waals surface area contributed by atoms with Crippen molar-refractivity contribution in [1.29, 1.82) is 0 Å². The molecule has 2 rings (SSSR count). The van der Waals surface area contributed by atoms with Crippen molar-refractivity contribution in [2.75, 3.05) is 0 Å². The van der Waals surface area contributed by atoms with Crippen LogP contribution in [0.4, 0.5) is 0 Å². The lowest BCUT2D eigenvalue weighted by atomic mass is 10.00. The minimum absolute atomic E-state index is 0.201. The van der Waals surface area contributed by atoms with E-state index in [0.29, 0.717) is 0 Å². The Morgan fingerprint density at radius 3 is 1.47 bits per heavy atom. The third-order valence-electron chi connectivity index (χ3n) is 2.37. The molecule has 76 valence electrons. The van der Waals surface area contributed by atoms with E-state index in [0.717, 1.165) is 0 Å². The zero-order valence-corrected chi connectivity index (χ0v) is 9.81. The van der Waals surface area contributed by atoms with Gasteiger partial charge in [-0.1, -0.05) is 60.7 Å². The van der Waals surface area contributed by atoms with Crippen LogP contribution in [0.25, 0.3) is 0 Å². The molecule has 0 saturated carbocycles. The smallest absolute Gasteiger partial charge is 0.0675 e. The molecule has 0 saturated heterocycles. The molecule has 0 spiro atoms. The van der Waals surface area contributed by atoms with Crippen LogP contribution in [0, 0.1) is 0 Å². The van der Waals surface area contributed by atoms with Gasteiger partial charge in [-0.3, -0.25) is 0 Å². The van der Waals surface area contributed by atoms with E-state index in [4.69, 9.17) is 0 Å². The van der Waals surface area contributed by atoms with E-state index in [1.165, 1.54) is 11.1 Å². The lowest BCUT2D eigenvalue weighted by Gasteiger charge is -2.15. The van der Waals surface area contributed by atoms with Crippen molar-refractivity contribution in [3.63, 3.8) is 0 Å². The molecule has 2 aromatic carbocycles. The second-order valence-electron chi connectivity index (χ2n) is 3.36. The summed E-state index contributed by atoms with van der Waals surface area (Å²) in [5.74, 6) is 0. The number of hydrogen-bond donors (Lipinski definition) is 1. The second-order valence-corrected chi connectivity index (χ2v) is 3.82. The molecule has 0 amide bonds. The summed E-state index contributed by atoms with van der Waals surface area (Å²) in [6, 6.07) is 20.9. The molecular formula is C13H12BrN. The summed E-state index contributed by atoms with van der Waals surface area (Å²) in [6.07, 6.45) is 0. The number of rotatable bonds is 3. The molecule has 15 heavy (non-hydrogen) atoms. The van der Waals surface area contributed by atoms with Crippen molar-refractivity contribution in [1.82, 2.24) is 4.34 Å². The Kier molecular flexibility index (Phi) is 3.54. The van der Waals surface area contributed by atoms with Gasteiger partial charge in [0.05, 0.1) is 6.04 Å². The van der Waals surface area contributed by atoms with Crippen molar-refractivity contribution >= 4 is 16.1 Å². The summed E-state index contributed by atoms with van der Waals surface area (Å²) in [4.78, 5) is 0. The molecule has 0 heterocycles. The van der Waals surface area contributed by atoms with Crippen LogP contribution < -0.4 is 4.34 Å². The molecule has 0 unspecified atom stereocenters. The first-order chi connectivity index (χ1) is 7.42. The maximum atomic E-state index is 3.34. The molecular weight excluding hydrogens is 250 g/mol. The number of hydrogen-bond acceptors (Lipinski definition) is 1. The summed E-state index contributed by atoms with van der Waals surface area (Å²) >= 11 is 3.34. The van der Waals surface area contributed by atoms with Gasteiger partial charge in [-0.05, 0) is 11.1 Å². The summed E-state index contributed by atoms with van der Waals surface area (Å²) in [6.45, 7) is 0. The molecule has 0 aliphatic heterocycles. The summed E-state index contributed by atoms with van der Waals surface area (Å²) < 4.78 is 3.15. The van der Waals surface area contributed by atoms with Gasteiger partial charge < -0.3 is 0 Å². The van der Waals surface area contributed by atoms with Crippen LogP contribution in [-0.4, -0.2) is 0 Å². The minimum atomic E-state index is 0.201. The van der Waals surface area contributed by atoms with Crippen LogP contribution >= 0.6 is 16.1 Å². The maximum Gasteiger partial charge on any atom is 0.0675 e. The molecule has 0 atom stereocenters. The Morgan fingerprint density at radius 1 is 0.733 bits per heavy atom. The van der Waals surface area contributed by atoms with Gasteiger partial charge >= 0.3 is 0 Å². The van der Waals surface area contributed by atoms with Gasteiger partial charge in [-0.2, -0.15) is 0 Å². The van der Waals surface area contributed by atoms with E-state index >= 15 is 0 Å². The van der Waals surface area contributed by atoms with E-state index in [1.807, 2.05) is 12.1 Å². The highest BCUT2D eigenvalue weighted by Crippen LogP contribution is 2.22. The van der Waals surface area contributed by atoms with Crippen LogP contribution in [-0.2, 0) is 0 Å². The van der Waals surface area contributed by atoms with Crippen molar-refractivity contribution in [2.24, 2.45) is 0 Å². The zero-order chi connectivity index (χ0) is 10.5. The van der Waals surface area contributed by atoms with Gasteiger partial charge in [-0.15, -0.1) is 0 Å². The van der Waals surface area contributed by atoms with Gasteiger partial charge in [0.25, 0.3) is 0 Å². The maximum absolute atomic E-state index is 3.34. The average molecular weight is 262 g/mol. The van der Waals surface area contributed by atoms with Gasteiger partial charge in [0.1, 0.15) is 0 Å². The first-order valence-corrected chi connectivity index (χ1v) is 5.67. The minimum Gasteiger partial charge on any atom is -0.244 e. The van der Waals surface area contributed by atoms with Crippen molar-refractivity contribution in [2.45, 2.75) is 6.04 Å². The summed E-state index contributed by atoms with van der Waals surface area (Å²) in [5.41, 5.74) is 2.50. The molecule has 1 N–H and O–H groups in total. The first-order valence-electron chi connectivity index (χ1n) is 4.88. The van der Waals surface area contributed by atoms with E-state index in [-0.39, 0.29) is 6.04 Å². The molecule has 2 aromatic rings. The van der Waals surface area contributed by atoms with E-state index in [9.17, 15) is 0 Å². The van der Waals surface area contributed by atoms with Gasteiger partial charge in [0, 0.05) is 16.1 Å². The molecule has 2 heteroatoms. The molecule has 0 fully saturated rings. The third kappa shape index (κ3) is 2.46. The van der Waals surface area contributed by atoms with Crippen LogP contribution in [0.1, 0.15) is 17.2 Å². The summed E-state index contributed by atoms with van der Waals surface area (Å²) in [5, 5.41) is 0. The lowest BCUT2D eigenvalue weighted by Crippen LogP contribution is -2.11. The fraction of sp³-hybridized carbons (Fsp3) is 0.0769. The monoisotopic (exact) mass is 261 g/mol. The first kappa shape index (κ1) is 10.4. The highest BCUT2D eigenvalue weighted by molar-refractivity contribution is 9.08. The number of nitrogens with one attached hydrogen (secondary N) is 1.